The van der Waals surface area contributed by atoms with Gasteiger partial charge in [0.1, 0.15) is 0 Å². The van der Waals surface area contributed by atoms with Gasteiger partial charge in [0.05, 0.1) is 126 Å². The summed E-state index contributed by atoms with van der Waals surface area (Å²) in [6, 6.07) is 0. The molecule has 0 atom stereocenters. The fourth-order valence-corrected chi connectivity index (χ4v) is 3.57. The Hall–Kier alpha value is 1.16. The van der Waals surface area contributed by atoms with E-state index in [-0.39, 0.29) is 53.7 Å². The Kier molecular flexibility index (Phi) is 71.6. The number of nitrogens with two attached hydrogens (primary N) is 2. The Labute approximate surface area is 437 Å². The third-order valence-electron chi connectivity index (χ3n) is 4.28. The molecule has 0 heterocycles. The van der Waals surface area contributed by atoms with Gasteiger partial charge in [0, 0.05) is 0 Å². The summed E-state index contributed by atoms with van der Waals surface area (Å²) in [4.78, 5) is 50.9. The van der Waals surface area contributed by atoms with Crippen LogP contribution in [-0.4, -0.2) is 162 Å². The van der Waals surface area contributed by atoms with E-state index < -0.39 is 131 Å². The second-order valence-corrected chi connectivity index (χ2v) is 25.3. The highest BCUT2D eigenvalue weighted by Gasteiger charge is 2.30. The highest BCUT2D eigenvalue weighted by Crippen LogP contribution is 2.61. The smallest absolute Gasteiger partial charge is 0.469 e. The number of halogens is 21. The van der Waals surface area contributed by atoms with Crippen molar-refractivity contribution in [1.82, 2.24) is 0 Å². The topological polar surface area (TPSA) is 384 Å². The average Bonchev–Trinajstić information content (AvgIpc) is 3.05. The van der Waals surface area contributed by atoms with E-state index in [4.69, 9.17) is 67.6 Å². The van der Waals surface area contributed by atoms with Crippen molar-refractivity contribution in [2.75, 3.05) is 85.6 Å². The zero-order valence-electron chi connectivity index (χ0n) is 35.1. The van der Waals surface area contributed by atoms with Gasteiger partial charge in [-0.15, -0.1) is 12.4 Å². The van der Waals surface area contributed by atoms with Crippen LogP contribution in [-0.2, 0) is 40.9 Å². The number of aliphatic hydroxyl groups is 5. The third kappa shape index (κ3) is 182. The first kappa shape index (κ1) is 99.5. The Morgan fingerprint density at radius 1 is 0.397 bits per heavy atom. The van der Waals surface area contributed by atoms with Crippen LogP contribution in [0.3, 0.4) is 0 Å². The normalized spacial score (nSPS) is 11.9. The maximum atomic E-state index is 11.4. The van der Waals surface area contributed by atoms with Crippen molar-refractivity contribution in [3.8, 4) is 0 Å². The molecule has 73 heavy (non-hydrogen) atoms. The number of rotatable bonds is 21. The molecule has 0 fully saturated rings. The molecule has 0 aliphatic heterocycles. The fourth-order valence-electron chi connectivity index (χ4n) is 1.88. The van der Waals surface area contributed by atoms with E-state index >= 15 is 0 Å². The van der Waals surface area contributed by atoms with Gasteiger partial charge in [0.15, 0.2) is 0 Å². The van der Waals surface area contributed by atoms with Crippen molar-refractivity contribution in [2.24, 2.45) is 0 Å². The van der Waals surface area contributed by atoms with Gasteiger partial charge in [-0.2, -0.15) is 65.9 Å². The second-order valence-electron chi connectivity index (χ2n) is 10.8. The van der Waals surface area contributed by atoms with Crippen molar-refractivity contribution < 1.29 is 172 Å². The third-order valence-corrected chi connectivity index (χ3v) is 6.89. The largest absolute Gasteiger partial charge is 0.790 e. The van der Waals surface area contributed by atoms with E-state index in [1.807, 2.05) is 10.6 Å². The number of alkyl halides is 15. The molecule has 0 aromatic heterocycles. The summed E-state index contributed by atoms with van der Waals surface area (Å²) < 4.78 is 232. The first-order chi connectivity index (χ1) is 30.7. The minimum absolute atomic E-state index is 0. The van der Waals surface area contributed by atoms with Gasteiger partial charge in [0.2, 0.25) is 0 Å². The lowest BCUT2D eigenvalue weighted by atomic mass is 10.5. The van der Waals surface area contributed by atoms with Crippen LogP contribution in [0.1, 0.15) is 47.0 Å². The van der Waals surface area contributed by atoms with E-state index in [1.54, 1.807) is 0 Å². The highest BCUT2D eigenvalue weighted by molar-refractivity contribution is 8.24. The van der Waals surface area contributed by atoms with Crippen molar-refractivity contribution >= 4 is 103 Å². The molecule has 13 N–H and O–H groups in total. The van der Waals surface area contributed by atoms with Crippen LogP contribution in [0.5, 0.6) is 0 Å². The van der Waals surface area contributed by atoms with E-state index in [2.05, 4.69) is 51.8 Å². The molecule has 0 rings (SSSR count). The van der Waals surface area contributed by atoms with Gasteiger partial charge in [0.25, 0.3) is 0 Å². The molecule has 0 amide bonds. The second kappa shape index (κ2) is 52.5. The molecule has 0 aliphatic carbocycles. The number of quaternary nitrogens is 2. The van der Waals surface area contributed by atoms with Gasteiger partial charge in [-0.1, -0.05) is 14.9 Å². The molecule has 0 aromatic carbocycles. The van der Waals surface area contributed by atoms with Gasteiger partial charge < -0.3 is 79.1 Å². The summed E-state index contributed by atoms with van der Waals surface area (Å²) in [7, 11) is -14.8. The molecular formula is C25H58Cl6F15N2O20P5. The molecule has 460 valence electrons. The molecule has 0 radical (unpaired) electrons. The monoisotopic (exact) mass is 1360 g/mol. The number of phosphoric acid groups is 3. The first-order valence-corrected chi connectivity index (χ1v) is 29.5. The molecule has 0 aliphatic rings. The van der Waals surface area contributed by atoms with Crippen LogP contribution in [0.4, 0.5) is 65.9 Å². The number of hydrogen-bond donors (Lipinski definition) is 11. The Morgan fingerprint density at radius 2 is 0.589 bits per heavy atom. The number of hydrogen-bond acceptors (Lipinski definition) is 16. The number of phosphoric ester groups is 3. The summed E-state index contributed by atoms with van der Waals surface area (Å²) in [6.45, 7) is -1.23. The highest BCUT2D eigenvalue weighted by atomic mass is 36.0. The van der Waals surface area contributed by atoms with Crippen molar-refractivity contribution in [1.29, 1.82) is 0 Å². The predicted molar refractivity (Wildman–Crippen MR) is 233 cm³/mol. The van der Waals surface area contributed by atoms with E-state index in [1.165, 1.54) is 0 Å². The van der Waals surface area contributed by atoms with Gasteiger partial charge >= 0.3 is 57.8 Å². The van der Waals surface area contributed by atoms with Crippen LogP contribution in [0.25, 0.3) is 0 Å². The lowest BCUT2D eigenvalue weighted by molar-refractivity contribution is -0.657. The Bertz CT molecular complexity index is 1270. The van der Waals surface area contributed by atoms with Crippen LogP contribution >= 0.6 is 103 Å². The van der Waals surface area contributed by atoms with Crippen LogP contribution in [0.2, 0.25) is 0 Å². The number of aliphatic hydroxyl groups excluding tert-OH is 5. The van der Waals surface area contributed by atoms with Crippen LogP contribution in [0, 0.1) is 0 Å². The fraction of sp³-hybridized carbons (Fsp3) is 1.00. The lowest BCUT2D eigenvalue weighted by Gasteiger charge is -2.28. The Balaban J connectivity index is -0.0000000673. The maximum absolute atomic E-state index is 11.4. The SMILES string of the molecule is C.C.Cl.O=P(Cl)(Cl)Cl.O=P(Cl)(Cl)OCCC(F)(F)F.O=P(O)(O)OCCC(F)(F)F.O=P(O)(O)OCCC(F)(F)F.O=P([O-])([O-])OCCC(F)(F)F.OCCC(F)(F)F.OCC[NH2+]CCO.OCC[NH2+]CCO. The standard InChI is InChI=1S/2C4H11NO2.C3H4Cl2F3O2P.3C3H6F3O4P.C3H5F3O.2CH4.Cl3OP.ClH/c2*6-3-1-5-2-4-7;4-11(5,9)10-2-1-3(6,7)8;3*4-3(5,6)1-2-10-11(7,8)9;4-3(5,6)1-2-7;;;1-5(2,3)4;/h2*5-7H,1-4H2;1-2H2;3*1-2H2,(H2,7,8,9);7H,1-2H2;2*1H4;;1H. The van der Waals surface area contributed by atoms with Gasteiger partial charge in [-0.3, -0.25) is 18.2 Å². The summed E-state index contributed by atoms with van der Waals surface area (Å²) in [5.74, 6) is 0. The van der Waals surface area contributed by atoms with E-state index in [9.17, 15) is 98.5 Å². The molecule has 48 heteroatoms. The summed E-state index contributed by atoms with van der Waals surface area (Å²) in [5.41, 5.74) is 0. The first-order valence-electron chi connectivity index (χ1n) is 17.1. The van der Waals surface area contributed by atoms with Gasteiger partial charge in [-0.25, -0.2) is 9.13 Å². The van der Waals surface area contributed by atoms with Gasteiger partial charge in [-0.05, 0) is 56.2 Å². The molecule has 0 aromatic rings. The van der Waals surface area contributed by atoms with Crippen LogP contribution < -0.4 is 20.4 Å². The molecular weight excluding hydrogens is 1300 g/mol. The molecule has 0 unspecified atom stereocenters. The molecule has 0 spiro atoms. The minimum Gasteiger partial charge on any atom is -0.790 e. The summed E-state index contributed by atoms with van der Waals surface area (Å²) in [6.07, 6.45) is -32.2. The zero-order valence-corrected chi connectivity index (χ0v) is 44.2. The van der Waals surface area contributed by atoms with Crippen molar-refractivity contribution in [2.45, 2.75) is 77.8 Å². The van der Waals surface area contributed by atoms with E-state index in [0.29, 0.717) is 26.2 Å². The summed E-state index contributed by atoms with van der Waals surface area (Å²) in [5, 5.41) is 40.9. The van der Waals surface area contributed by atoms with E-state index in [0.717, 1.165) is 0 Å². The predicted octanol–water partition coefficient (Wildman–Crippen LogP) is 5.93. The molecule has 0 bridgehead atoms. The Morgan fingerprint density at radius 3 is 0.712 bits per heavy atom. The molecule has 0 saturated heterocycles. The maximum Gasteiger partial charge on any atom is 0.469 e. The minimum atomic E-state index is -5.25. The average molecular weight is 1360 g/mol. The zero-order chi connectivity index (χ0) is 58.0. The van der Waals surface area contributed by atoms with Crippen molar-refractivity contribution in [3.63, 3.8) is 0 Å². The lowest BCUT2D eigenvalue weighted by Crippen LogP contribution is -2.85. The van der Waals surface area contributed by atoms with Crippen LogP contribution in [0.15, 0.2) is 0 Å². The summed E-state index contributed by atoms with van der Waals surface area (Å²) >= 11 is 23.4. The molecule has 22 nitrogen and oxygen atoms in total. The van der Waals surface area contributed by atoms with Crippen molar-refractivity contribution in [3.05, 3.63) is 0 Å². The molecule has 0 saturated carbocycles. The quantitative estimate of drug-likeness (QED) is 0.0360.